The van der Waals surface area contributed by atoms with Crippen molar-refractivity contribution in [2.45, 2.75) is 13.5 Å². The summed E-state index contributed by atoms with van der Waals surface area (Å²) in [6.45, 7) is 3.01. The Balaban J connectivity index is 2.04. The monoisotopic (exact) mass is 405 g/mol. The first kappa shape index (κ1) is 20.2. The largest absolute Gasteiger partial charge is 0.483 e. The van der Waals surface area contributed by atoms with Crippen molar-refractivity contribution in [2.75, 3.05) is 6.61 Å². The van der Waals surface area contributed by atoms with Crippen LogP contribution in [0, 0.1) is 11.3 Å². The molecule has 4 heteroatoms. The van der Waals surface area contributed by atoms with E-state index in [9.17, 15) is 5.26 Å². The van der Waals surface area contributed by atoms with E-state index < -0.39 is 0 Å². The van der Waals surface area contributed by atoms with Gasteiger partial charge in [0, 0.05) is 12.1 Å². The zero-order valence-electron chi connectivity index (χ0n) is 17.4. The molecular formula is C27H23N3O. The van der Waals surface area contributed by atoms with Gasteiger partial charge in [0.25, 0.3) is 0 Å². The molecule has 0 bridgehead atoms. The fraction of sp³-hybridized carbons (Fsp3) is 0.111. The highest BCUT2D eigenvalue weighted by Crippen LogP contribution is 2.43. The van der Waals surface area contributed by atoms with Gasteiger partial charge >= 0.3 is 0 Å². The van der Waals surface area contributed by atoms with Crippen LogP contribution in [0.2, 0.25) is 0 Å². The molecule has 0 aliphatic heterocycles. The smallest absolute Gasteiger partial charge is 0.176 e. The number of ether oxygens (including phenoxy) is 1. The molecule has 1 heterocycles. The number of hydrogen-bond donors (Lipinski definition) is 0. The van der Waals surface area contributed by atoms with Crippen LogP contribution in [0.1, 0.15) is 18.1 Å². The Kier molecular flexibility index (Phi) is 6.25. The van der Waals surface area contributed by atoms with E-state index in [-0.39, 0.29) is 0 Å². The molecule has 152 valence electrons. The van der Waals surface area contributed by atoms with Crippen molar-refractivity contribution in [3.63, 3.8) is 0 Å². The summed E-state index contributed by atoms with van der Waals surface area (Å²) in [6.07, 6.45) is 1.43. The van der Waals surface area contributed by atoms with Crippen molar-refractivity contribution in [3.05, 3.63) is 102 Å². The average Bonchev–Trinajstić information content (AvgIpc) is 3.14. The maximum atomic E-state index is 10.2. The second-order valence-corrected chi connectivity index (χ2v) is 7.03. The SMILES string of the molecule is CCOC=Nc1c(C#N)c(-c2ccccc2)c(-c2ccccc2)n1Cc1ccccc1. The Morgan fingerprint density at radius 3 is 2.03 bits per heavy atom. The summed E-state index contributed by atoms with van der Waals surface area (Å²) < 4.78 is 7.50. The van der Waals surface area contributed by atoms with Crippen LogP contribution in [0.4, 0.5) is 5.82 Å². The zero-order valence-corrected chi connectivity index (χ0v) is 17.4. The van der Waals surface area contributed by atoms with Gasteiger partial charge in [-0.15, -0.1) is 0 Å². The molecule has 0 saturated heterocycles. The summed E-state index contributed by atoms with van der Waals surface area (Å²) >= 11 is 0. The standard InChI is InChI=1S/C27H23N3O/c1-2-31-20-29-27-24(18-28)25(22-14-8-4-9-15-22)26(23-16-10-5-11-17-23)30(27)19-21-12-6-3-7-13-21/h3-17,20H,2,19H2,1H3. The fourth-order valence-corrected chi connectivity index (χ4v) is 3.71. The van der Waals surface area contributed by atoms with E-state index in [1.807, 2.05) is 73.7 Å². The fourth-order valence-electron chi connectivity index (χ4n) is 3.71. The first-order chi connectivity index (χ1) is 15.3. The molecular weight excluding hydrogens is 382 g/mol. The lowest BCUT2D eigenvalue weighted by molar-refractivity contribution is 0.343. The van der Waals surface area contributed by atoms with Gasteiger partial charge in [0.2, 0.25) is 0 Å². The van der Waals surface area contributed by atoms with E-state index in [2.05, 4.69) is 39.9 Å². The lowest BCUT2D eigenvalue weighted by Gasteiger charge is -2.13. The van der Waals surface area contributed by atoms with Crippen LogP contribution in [0.3, 0.4) is 0 Å². The topological polar surface area (TPSA) is 50.3 Å². The summed E-state index contributed by atoms with van der Waals surface area (Å²) in [5.41, 5.74) is 5.54. The summed E-state index contributed by atoms with van der Waals surface area (Å²) in [5, 5.41) is 10.2. The van der Waals surface area contributed by atoms with Gasteiger partial charge in [-0.3, -0.25) is 0 Å². The van der Waals surface area contributed by atoms with E-state index in [1.54, 1.807) is 0 Å². The van der Waals surface area contributed by atoms with Crippen LogP contribution in [-0.2, 0) is 11.3 Å². The molecule has 0 atom stereocenters. The normalized spacial score (nSPS) is 10.8. The summed E-state index contributed by atoms with van der Waals surface area (Å²) in [7, 11) is 0. The average molecular weight is 406 g/mol. The summed E-state index contributed by atoms with van der Waals surface area (Å²) in [4.78, 5) is 4.59. The molecule has 0 aliphatic carbocycles. The number of aliphatic imine (C=N–C) groups is 1. The predicted molar refractivity (Wildman–Crippen MR) is 125 cm³/mol. The van der Waals surface area contributed by atoms with Gasteiger partial charge in [-0.1, -0.05) is 91.0 Å². The molecule has 0 unspecified atom stereocenters. The maximum absolute atomic E-state index is 10.2. The molecule has 0 N–H and O–H groups in total. The Labute approximate surface area is 182 Å². The van der Waals surface area contributed by atoms with Crippen molar-refractivity contribution < 1.29 is 4.74 Å². The number of benzene rings is 3. The minimum atomic E-state index is 0.516. The summed E-state index contributed by atoms with van der Waals surface area (Å²) in [5.74, 6) is 0.595. The molecule has 0 radical (unpaired) electrons. The van der Waals surface area contributed by atoms with Crippen LogP contribution < -0.4 is 0 Å². The Morgan fingerprint density at radius 1 is 0.871 bits per heavy atom. The molecule has 0 amide bonds. The first-order valence-electron chi connectivity index (χ1n) is 10.3. The highest BCUT2D eigenvalue weighted by atomic mass is 16.5. The second-order valence-electron chi connectivity index (χ2n) is 7.03. The Bertz CT molecular complexity index is 1200. The van der Waals surface area contributed by atoms with Gasteiger partial charge in [0.1, 0.15) is 11.6 Å². The van der Waals surface area contributed by atoms with E-state index in [4.69, 9.17) is 4.74 Å². The molecule has 31 heavy (non-hydrogen) atoms. The minimum absolute atomic E-state index is 0.516. The van der Waals surface area contributed by atoms with Gasteiger partial charge in [0.05, 0.1) is 12.3 Å². The Morgan fingerprint density at radius 2 is 1.45 bits per heavy atom. The van der Waals surface area contributed by atoms with Crippen LogP contribution in [-0.4, -0.2) is 17.6 Å². The first-order valence-corrected chi connectivity index (χ1v) is 10.3. The van der Waals surface area contributed by atoms with E-state index in [1.165, 1.54) is 6.40 Å². The van der Waals surface area contributed by atoms with Gasteiger partial charge in [-0.25, -0.2) is 4.99 Å². The molecule has 1 aromatic heterocycles. The third kappa shape index (κ3) is 4.26. The molecule has 4 nitrogen and oxygen atoms in total. The van der Waals surface area contributed by atoms with Crippen LogP contribution in [0.15, 0.2) is 96.0 Å². The van der Waals surface area contributed by atoms with Crippen molar-refractivity contribution in [1.29, 1.82) is 5.26 Å². The predicted octanol–water partition coefficient (Wildman–Crippen LogP) is 6.44. The van der Waals surface area contributed by atoms with Crippen molar-refractivity contribution in [1.82, 2.24) is 4.57 Å². The highest BCUT2D eigenvalue weighted by Gasteiger charge is 2.25. The quantitative estimate of drug-likeness (QED) is 0.262. The molecule has 0 aliphatic rings. The molecule has 0 fully saturated rings. The summed E-state index contributed by atoms with van der Waals surface area (Å²) in [6, 6.07) is 32.8. The number of aromatic nitrogens is 1. The van der Waals surface area contributed by atoms with Gasteiger partial charge < -0.3 is 9.30 Å². The number of nitrogens with zero attached hydrogens (tertiary/aromatic N) is 3. The van der Waals surface area contributed by atoms with Gasteiger partial charge in [-0.05, 0) is 23.6 Å². The van der Waals surface area contributed by atoms with Crippen LogP contribution in [0.5, 0.6) is 0 Å². The zero-order chi connectivity index (χ0) is 21.5. The van der Waals surface area contributed by atoms with Crippen LogP contribution >= 0.6 is 0 Å². The van der Waals surface area contributed by atoms with Crippen LogP contribution in [0.25, 0.3) is 22.4 Å². The van der Waals surface area contributed by atoms with Gasteiger partial charge in [-0.2, -0.15) is 5.26 Å². The molecule has 0 saturated carbocycles. The third-order valence-corrected chi connectivity index (χ3v) is 5.06. The number of rotatable bonds is 7. The molecule has 4 rings (SSSR count). The van der Waals surface area contributed by atoms with Crippen molar-refractivity contribution >= 4 is 12.2 Å². The lowest BCUT2D eigenvalue weighted by atomic mass is 9.98. The minimum Gasteiger partial charge on any atom is -0.483 e. The van der Waals surface area contributed by atoms with Gasteiger partial charge in [0.15, 0.2) is 12.2 Å². The van der Waals surface area contributed by atoms with E-state index >= 15 is 0 Å². The molecule has 3 aromatic carbocycles. The third-order valence-electron chi connectivity index (χ3n) is 5.06. The lowest BCUT2D eigenvalue weighted by Crippen LogP contribution is -2.02. The highest BCUT2D eigenvalue weighted by molar-refractivity contribution is 5.91. The van der Waals surface area contributed by atoms with E-state index in [0.29, 0.717) is 24.5 Å². The van der Waals surface area contributed by atoms with Crippen molar-refractivity contribution in [3.8, 4) is 28.5 Å². The number of nitriles is 1. The second kappa shape index (κ2) is 9.60. The van der Waals surface area contributed by atoms with E-state index in [0.717, 1.165) is 27.9 Å². The Hall–Kier alpha value is -4.10. The maximum Gasteiger partial charge on any atom is 0.176 e. The number of hydrogen-bond acceptors (Lipinski definition) is 3. The molecule has 0 spiro atoms. The molecule has 4 aromatic rings. The van der Waals surface area contributed by atoms with Crippen molar-refractivity contribution in [2.24, 2.45) is 4.99 Å².